The Morgan fingerprint density at radius 3 is 2.18 bits per heavy atom. The van der Waals surface area contributed by atoms with E-state index < -0.39 is 0 Å². The van der Waals surface area contributed by atoms with Gasteiger partial charge in [-0.15, -0.1) is 9.24 Å². The lowest BCUT2D eigenvalue weighted by Crippen LogP contribution is -2.43. The number of hydrogen-bond acceptors (Lipinski definition) is 3. The molecule has 1 unspecified atom stereocenters. The van der Waals surface area contributed by atoms with Crippen molar-refractivity contribution in [1.82, 2.24) is 4.90 Å². The molecule has 1 aromatic rings. The molecule has 1 heterocycles. The van der Waals surface area contributed by atoms with E-state index in [-0.39, 0.29) is 11.2 Å². The topological polar surface area (TPSA) is 38.5 Å². The van der Waals surface area contributed by atoms with Crippen LogP contribution in [0.1, 0.15) is 46.1 Å². The summed E-state index contributed by atoms with van der Waals surface area (Å²) >= 11 is 0. The molecule has 3 nitrogen and oxygen atoms in total. The number of ether oxygens (including phenoxy) is 1. The van der Waals surface area contributed by atoms with Crippen molar-refractivity contribution in [3.63, 3.8) is 0 Å². The first-order valence-corrected chi connectivity index (χ1v) is 8.85. The second-order valence-corrected chi connectivity index (χ2v) is 7.29. The third-order valence-electron chi connectivity index (χ3n) is 4.14. The van der Waals surface area contributed by atoms with E-state index in [4.69, 9.17) is 10.5 Å². The van der Waals surface area contributed by atoms with Gasteiger partial charge in [0.05, 0.1) is 11.2 Å². The lowest BCUT2D eigenvalue weighted by Gasteiger charge is -2.33. The molecular weight excluding hydrogens is 291 g/mol. The number of rotatable bonds is 5. The van der Waals surface area contributed by atoms with Crippen LogP contribution in [0.4, 0.5) is 0 Å². The molecule has 126 valence electrons. The van der Waals surface area contributed by atoms with Crippen LogP contribution in [-0.2, 0) is 11.3 Å². The third kappa shape index (κ3) is 5.62. The number of nitrogens with two attached hydrogens (primary N) is 1. The molecular formula is C18H33N2OP. The van der Waals surface area contributed by atoms with Crippen LogP contribution in [0.2, 0.25) is 0 Å². The van der Waals surface area contributed by atoms with E-state index in [1.165, 1.54) is 10.9 Å². The molecule has 22 heavy (non-hydrogen) atoms. The predicted molar refractivity (Wildman–Crippen MR) is 99.7 cm³/mol. The zero-order valence-electron chi connectivity index (χ0n) is 14.9. The number of benzene rings is 1. The van der Waals surface area contributed by atoms with Gasteiger partial charge in [-0.2, -0.15) is 0 Å². The van der Waals surface area contributed by atoms with Gasteiger partial charge in [0.2, 0.25) is 0 Å². The molecule has 1 fully saturated rings. The third-order valence-corrected chi connectivity index (χ3v) is 4.53. The summed E-state index contributed by atoms with van der Waals surface area (Å²) in [5, 5.41) is 1.22. The minimum atomic E-state index is -0.142. The number of likely N-dealkylation sites (N-methyl/N-ethyl adjacent to an activating group) is 1. The second-order valence-electron chi connectivity index (χ2n) is 6.62. The molecule has 0 amide bonds. The van der Waals surface area contributed by atoms with Crippen LogP contribution in [0.25, 0.3) is 0 Å². The summed E-state index contributed by atoms with van der Waals surface area (Å²) < 4.78 is 6.24. The van der Waals surface area contributed by atoms with Crippen LogP contribution < -0.4 is 11.0 Å². The Kier molecular flexibility index (Phi) is 7.48. The van der Waals surface area contributed by atoms with Crippen molar-refractivity contribution in [3.8, 4) is 0 Å². The van der Waals surface area contributed by atoms with Gasteiger partial charge in [-0.25, -0.2) is 0 Å². The first kappa shape index (κ1) is 19.6. The maximum atomic E-state index is 6.24. The zero-order chi connectivity index (χ0) is 16.8. The minimum Gasteiger partial charge on any atom is -0.366 e. The zero-order valence-corrected chi connectivity index (χ0v) is 16.0. The summed E-state index contributed by atoms with van der Waals surface area (Å²) in [6.45, 7) is 10.8. The van der Waals surface area contributed by atoms with E-state index in [9.17, 15) is 0 Å². The fraction of sp³-hybridized carbons (Fsp3) is 0.667. The molecule has 0 aliphatic carbocycles. The Balaban J connectivity index is 0.00000116. The maximum Gasteiger partial charge on any atom is 0.0789 e. The molecule has 0 radical (unpaired) electrons. The highest BCUT2D eigenvalue weighted by atomic mass is 31.0. The fourth-order valence-corrected chi connectivity index (χ4v) is 3.23. The molecule has 4 heteroatoms. The second kappa shape index (κ2) is 8.40. The van der Waals surface area contributed by atoms with Crippen molar-refractivity contribution in [2.45, 2.75) is 58.3 Å². The highest BCUT2D eigenvalue weighted by Gasteiger charge is 2.43. The van der Waals surface area contributed by atoms with Crippen molar-refractivity contribution in [2.75, 3.05) is 20.1 Å². The first-order valence-electron chi connectivity index (χ1n) is 8.27. The average Bonchev–Trinajstić information content (AvgIpc) is 2.80. The molecule has 2 rings (SSSR count). The van der Waals surface area contributed by atoms with Crippen LogP contribution in [0, 0.1) is 0 Å². The van der Waals surface area contributed by atoms with Gasteiger partial charge in [0.15, 0.2) is 0 Å². The van der Waals surface area contributed by atoms with E-state index in [0.29, 0.717) is 6.54 Å². The standard InChI is InChI=1S/C16H27N2OP.C2H6/c1-15(11-17)8-9-16(2,19-15)12-18(3)10-13-4-6-14(20)7-5-13;1-2/h4-7H,8-12,17,20H2,1-3H3;1-2H3/t15-,16+;/m1./s1. The molecule has 1 aromatic carbocycles. The monoisotopic (exact) mass is 324 g/mol. The van der Waals surface area contributed by atoms with Gasteiger partial charge < -0.3 is 10.5 Å². The quantitative estimate of drug-likeness (QED) is 0.847. The lowest BCUT2D eigenvalue weighted by molar-refractivity contribution is -0.0913. The van der Waals surface area contributed by atoms with Crippen LogP contribution in [0.3, 0.4) is 0 Å². The molecule has 0 saturated carbocycles. The van der Waals surface area contributed by atoms with E-state index in [2.05, 4.69) is 59.3 Å². The Bertz CT molecular complexity index is 451. The van der Waals surface area contributed by atoms with Gasteiger partial charge >= 0.3 is 0 Å². The Morgan fingerprint density at radius 2 is 1.68 bits per heavy atom. The highest BCUT2D eigenvalue weighted by molar-refractivity contribution is 7.27. The van der Waals surface area contributed by atoms with Crippen molar-refractivity contribution in [2.24, 2.45) is 5.73 Å². The van der Waals surface area contributed by atoms with Crippen molar-refractivity contribution >= 4 is 14.5 Å². The normalized spacial score (nSPS) is 27.6. The number of nitrogens with zero attached hydrogens (tertiary/aromatic N) is 1. The van der Waals surface area contributed by atoms with Gasteiger partial charge in [0.25, 0.3) is 0 Å². The first-order chi connectivity index (χ1) is 10.3. The Labute approximate surface area is 138 Å². The minimum absolute atomic E-state index is 0.0799. The Morgan fingerprint density at radius 1 is 1.14 bits per heavy atom. The molecule has 1 saturated heterocycles. The van der Waals surface area contributed by atoms with E-state index in [0.717, 1.165) is 25.9 Å². The molecule has 2 N–H and O–H groups in total. The molecule has 0 bridgehead atoms. The maximum absolute atomic E-state index is 6.24. The van der Waals surface area contributed by atoms with Gasteiger partial charge in [-0.1, -0.05) is 38.1 Å². The van der Waals surface area contributed by atoms with Crippen LogP contribution >= 0.6 is 9.24 Å². The summed E-state index contributed by atoms with van der Waals surface area (Å²) in [5.41, 5.74) is 6.93. The summed E-state index contributed by atoms with van der Waals surface area (Å²) in [5.74, 6) is 0. The summed E-state index contributed by atoms with van der Waals surface area (Å²) in [6.07, 6.45) is 2.13. The van der Waals surface area contributed by atoms with Crippen LogP contribution in [0.15, 0.2) is 24.3 Å². The summed E-state index contributed by atoms with van der Waals surface area (Å²) in [6, 6.07) is 8.63. The molecule has 0 spiro atoms. The lowest BCUT2D eigenvalue weighted by atomic mass is 9.98. The van der Waals surface area contributed by atoms with Gasteiger partial charge in [0, 0.05) is 19.6 Å². The van der Waals surface area contributed by atoms with Crippen molar-refractivity contribution in [3.05, 3.63) is 29.8 Å². The smallest absolute Gasteiger partial charge is 0.0789 e. The van der Waals surface area contributed by atoms with E-state index in [1.54, 1.807) is 0 Å². The molecule has 1 aliphatic heterocycles. The molecule has 1 aliphatic rings. The van der Waals surface area contributed by atoms with Crippen LogP contribution in [-0.4, -0.2) is 36.2 Å². The SMILES string of the molecule is CC.CN(Cc1ccc(P)cc1)C[C@]1(C)CC[C@](C)(CN)O1. The molecule has 3 atom stereocenters. The predicted octanol–water partition coefficient (Wildman–Crippen LogP) is 2.93. The largest absolute Gasteiger partial charge is 0.366 e. The van der Waals surface area contributed by atoms with E-state index in [1.807, 2.05) is 13.8 Å². The average molecular weight is 324 g/mol. The highest BCUT2D eigenvalue weighted by Crippen LogP contribution is 2.37. The van der Waals surface area contributed by atoms with E-state index >= 15 is 0 Å². The van der Waals surface area contributed by atoms with Crippen molar-refractivity contribution in [1.29, 1.82) is 0 Å². The Hall–Kier alpha value is -0.470. The fourth-order valence-electron chi connectivity index (χ4n) is 3.04. The number of hydrogen-bond donors (Lipinski definition) is 1. The summed E-state index contributed by atoms with van der Waals surface area (Å²) in [7, 11) is 4.87. The summed E-state index contributed by atoms with van der Waals surface area (Å²) in [4.78, 5) is 2.33. The van der Waals surface area contributed by atoms with Gasteiger partial charge in [-0.3, -0.25) is 4.90 Å². The van der Waals surface area contributed by atoms with Crippen molar-refractivity contribution < 1.29 is 4.74 Å². The molecule has 0 aromatic heterocycles. The van der Waals surface area contributed by atoms with Gasteiger partial charge in [0.1, 0.15) is 0 Å². The van der Waals surface area contributed by atoms with Gasteiger partial charge in [-0.05, 0) is 44.6 Å². The van der Waals surface area contributed by atoms with Crippen LogP contribution in [0.5, 0.6) is 0 Å².